The van der Waals surface area contributed by atoms with Crippen molar-refractivity contribution in [3.63, 3.8) is 0 Å². The van der Waals surface area contributed by atoms with Gasteiger partial charge in [-0.25, -0.2) is 0 Å². The Balaban J connectivity index is 0.000000802. The van der Waals surface area contributed by atoms with Gasteiger partial charge in [0.1, 0.15) is 0 Å². The molecule has 5 rings (SSSR count). The van der Waals surface area contributed by atoms with Crippen molar-refractivity contribution in [1.29, 1.82) is 5.41 Å². The average Bonchev–Trinajstić information content (AvgIpc) is 3.23. The van der Waals surface area contributed by atoms with Crippen molar-refractivity contribution in [1.82, 2.24) is 50.2 Å². The smallest absolute Gasteiger partial charge is 0.188 e. The number of nitrogens with zero attached hydrogens (tertiary/aromatic N) is 7. The second-order valence-corrected chi connectivity index (χ2v) is 25.6. The second kappa shape index (κ2) is 31.0. The lowest BCUT2D eigenvalue weighted by Gasteiger charge is -2.41. The molecule has 5 aliphatic heterocycles. The molecule has 0 saturated carbocycles. The molecule has 0 aromatic rings. The molecule has 68 heavy (non-hydrogen) atoms. The van der Waals surface area contributed by atoms with Crippen LogP contribution in [0.4, 0.5) is 0 Å². The summed E-state index contributed by atoms with van der Waals surface area (Å²) in [5.41, 5.74) is 18.5. The Morgan fingerprint density at radius 1 is 0.574 bits per heavy atom. The largest absolute Gasteiger partial charge is 0.386 e. The van der Waals surface area contributed by atoms with E-state index >= 15 is 0 Å². The molecule has 0 atom stereocenters. The van der Waals surface area contributed by atoms with E-state index in [1.54, 1.807) is 0 Å². The molecule has 0 unspecified atom stereocenters. The number of nitrogens with one attached hydrogen (secondary N) is 4. The van der Waals surface area contributed by atoms with Gasteiger partial charge in [0.2, 0.25) is 0 Å². The highest BCUT2D eigenvalue weighted by molar-refractivity contribution is 5.74. The molecular weight excluding hydrogens is 845 g/mol. The van der Waals surface area contributed by atoms with Crippen LogP contribution in [0, 0.1) is 5.41 Å². The number of guanidine groups is 1. The molecule has 10 N–H and O–H groups in total. The summed E-state index contributed by atoms with van der Waals surface area (Å²) in [5.74, 6) is 0.784. The summed E-state index contributed by atoms with van der Waals surface area (Å²) in [6.45, 7) is 56.1. The van der Waals surface area contributed by atoms with E-state index in [2.05, 4.69) is 191 Å². The minimum atomic E-state index is 0.188. The number of piperidine rings is 4. The molecule has 0 spiro atoms. The fourth-order valence-corrected chi connectivity index (χ4v) is 8.69. The molecule has 0 radical (unpaired) electrons. The van der Waals surface area contributed by atoms with E-state index < -0.39 is 0 Å². The third-order valence-corrected chi connectivity index (χ3v) is 14.7. The van der Waals surface area contributed by atoms with Crippen LogP contribution in [0.3, 0.4) is 0 Å². The Hall–Kier alpha value is -1.75. The zero-order valence-electron chi connectivity index (χ0n) is 49.1. The van der Waals surface area contributed by atoms with Gasteiger partial charge in [0.05, 0.1) is 5.82 Å². The van der Waals surface area contributed by atoms with E-state index in [1.807, 2.05) is 11.9 Å². The highest BCUT2D eigenvalue weighted by Crippen LogP contribution is 2.22. The molecule has 5 saturated heterocycles. The van der Waals surface area contributed by atoms with Crippen LogP contribution in [0.5, 0.6) is 0 Å². The summed E-state index contributed by atoms with van der Waals surface area (Å²) >= 11 is 0. The van der Waals surface area contributed by atoms with E-state index in [9.17, 15) is 0 Å². The fourth-order valence-electron chi connectivity index (χ4n) is 8.69. The van der Waals surface area contributed by atoms with E-state index in [4.69, 9.17) is 22.6 Å². The average molecular weight is 966 g/mol. The maximum atomic E-state index is 7.36. The molecule has 0 aromatic carbocycles. The van der Waals surface area contributed by atoms with Gasteiger partial charge in [-0.2, -0.15) is 0 Å². The first-order chi connectivity index (χ1) is 31.0. The van der Waals surface area contributed by atoms with Crippen molar-refractivity contribution in [3.8, 4) is 0 Å². The van der Waals surface area contributed by atoms with E-state index in [0.717, 1.165) is 83.8 Å². The second-order valence-electron chi connectivity index (χ2n) is 25.6. The van der Waals surface area contributed by atoms with Crippen LogP contribution >= 0.6 is 0 Å². The maximum Gasteiger partial charge on any atom is 0.188 e. The van der Waals surface area contributed by atoms with Crippen LogP contribution in [0.1, 0.15) is 169 Å². The van der Waals surface area contributed by atoms with Crippen LogP contribution in [-0.4, -0.2) is 205 Å². The van der Waals surface area contributed by atoms with E-state index in [1.165, 1.54) is 52.1 Å². The summed E-state index contributed by atoms with van der Waals surface area (Å²) in [4.78, 5) is 16.7. The number of piperazine rings is 1. The molecule has 0 aromatic heterocycles. The van der Waals surface area contributed by atoms with Gasteiger partial charge in [-0.15, -0.1) is 0 Å². The van der Waals surface area contributed by atoms with Gasteiger partial charge >= 0.3 is 0 Å². The number of nitrogens with two attached hydrogens (primary N) is 3. The van der Waals surface area contributed by atoms with Gasteiger partial charge in [-0.05, 0) is 190 Å². The monoisotopic (exact) mass is 965 g/mol. The van der Waals surface area contributed by atoms with Crippen LogP contribution in [0.25, 0.3) is 0 Å². The normalized spacial score (nSPS) is 21.1. The lowest BCUT2D eigenvalue weighted by atomic mass is 9.98. The summed E-state index contributed by atoms with van der Waals surface area (Å²) in [6.07, 6.45) is 9.49. The molecule has 5 aliphatic rings. The minimum Gasteiger partial charge on any atom is -0.386 e. The van der Waals surface area contributed by atoms with E-state index in [0.29, 0.717) is 57.7 Å². The fraction of sp³-hybridized carbons (Fsp3) is 0.944. The molecular formula is C54H120N14. The predicted octanol–water partition coefficient (Wildman–Crippen LogP) is 6.67. The van der Waals surface area contributed by atoms with E-state index in [-0.39, 0.29) is 5.96 Å². The molecule has 5 fully saturated rings. The first-order valence-corrected chi connectivity index (χ1v) is 26.8. The minimum absolute atomic E-state index is 0.188. The SMILES string of the molecule is C=C(N)NC1CCN(C(C)(C)C)CC1.CC(C)(C)N1CCC(N)CC1.CC(C)(C)N1CCNCC1.CC(C)N1CCC(N(C)C(=N)N)CC1.CN(C)C(C)(C)C.CNC1CCN(C(C)(C)C)CC1. The first-order valence-electron chi connectivity index (χ1n) is 26.8. The van der Waals surface area contributed by atoms with Crippen molar-refractivity contribution in [2.24, 2.45) is 17.2 Å². The van der Waals surface area contributed by atoms with Gasteiger partial charge in [-0.3, -0.25) is 25.0 Å². The molecule has 406 valence electrons. The molecule has 0 aliphatic carbocycles. The number of hydrogen-bond acceptors (Lipinski definition) is 12. The topological polar surface area (TPSA) is 161 Å². The lowest BCUT2D eigenvalue weighted by Crippen LogP contribution is -2.51. The van der Waals surface area contributed by atoms with Gasteiger partial charge in [0.15, 0.2) is 5.96 Å². The highest BCUT2D eigenvalue weighted by atomic mass is 15.3. The number of rotatable bonds is 5. The van der Waals surface area contributed by atoms with Crippen molar-refractivity contribution >= 4 is 5.96 Å². The third kappa shape index (κ3) is 28.9. The quantitative estimate of drug-likeness (QED) is 0.116. The summed E-state index contributed by atoms with van der Waals surface area (Å²) in [5, 5.41) is 17.3. The highest BCUT2D eigenvalue weighted by Gasteiger charge is 2.29. The van der Waals surface area contributed by atoms with Crippen LogP contribution < -0.4 is 33.2 Å². The van der Waals surface area contributed by atoms with Gasteiger partial charge in [0, 0.05) is 143 Å². The van der Waals surface area contributed by atoms with Crippen LogP contribution in [0.15, 0.2) is 12.4 Å². The lowest BCUT2D eigenvalue weighted by molar-refractivity contribution is 0.0978. The molecule has 14 nitrogen and oxygen atoms in total. The molecule has 0 amide bonds. The number of likely N-dealkylation sites (tertiary alicyclic amines) is 4. The maximum absolute atomic E-state index is 7.36. The third-order valence-electron chi connectivity index (χ3n) is 14.7. The Morgan fingerprint density at radius 3 is 1.16 bits per heavy atom. The zero-order valence-corrected chi connectivity index (χ0v) is 49.1. The Kier molecular flexibility index (Phi) is 30.2. The van der Waals surface area contributed by atoms with Gasteiger partial charge in [-0.1, -0.05) is 6.58 Å². The zero-order chi connectivity index (χ0) is 52.8. The standard InChI is InChI=1S/C11H23N3.C10H22N4.C10H22N2.C9H20N2.C8H18N2.C6H15N/c1-9(12)13-10-5-7-14(8-6-10)11(2,3)4;1-8(2)14-6-4-9(5-7-14)13(3)10(11)12;1-10(2,3)12-7-5-9(11-4)6-8-12;1-9(2,3)11-6-4-8(10)5-7-11;1-8(2,3)10-6-4-9-5-7-10;1-6(2,3)7(4)5/h10,13H,1,5-8,12H2,2-4H3;8-9H,4-7H2,1-3H3,(H3,11,12);9,11H,5-8H2,1-4H3;8H,4-7,10H2,1-3H3;9H,4-7H2,1-3H3;1-5H3. The summed E-state index contributed by atoms with van der Waals surface area (Å²) in [7, 11) is 8.15. The molecule has 0 bridgehead atoms. The van der Waals surface area contributed by atoms with Gasteiger partial charge < -0.3 is 47.9 Å². The van der Waals surface area contributed by atoms with Crippen LogP contribution in [-0.2, 0) is 0 Å². The Labute approximate surface area is 423 Å². The Morgan fingerprint density at radius 2 is 0.897 bits per heavy atom. The summed E-state index contributed by atoms with van der Waals surface area (Å²) < 4.78 is 0. The number of hydrogen-bond donors (Lipinski definition) is 7. The predicted molar refractivity (Wildman–Crippen MR) is 300 cm³/mol. The summed E-state index contributed by atoms with van der Waals surface area (Å²) in [6, 6.07) is 2.82. The van der Waals surface area contributed by atoms with Crippen molar-refractivity contribution in [2.75, 3.05) is 107 Å². The van der Waals surface area contributed by atoms with Crippen LogP contribution in [0.2, 0.25) is 0 Å². The Bertz CT molecular complexity index is 1300. The van der Waals surface area contributed by atoms with Crippen molar-refractivity contribution < 1.29 is 0 Å². The molecule has 5 heterocycles. The molecule has 14 heteroatoms. The van der Waals surface area contributed by atoms with Gasteiger partial charge in [0.25, 0.3) is 0 Å². The van der Waals surface area contributed by atoms with Crippen molar-refractivity contribution in [2.45, 2.75) is 227 Å². The first kappa shape index (κ1) is 66.2. The van der Waals surface area contributed by atoms with Crippen molar-refractivity contribution in [3.05, 3.63) is 12.4 Å².